The number of hydrogen-bond acceptors (Lipinski definition) is 1. The molecule has 0 aromatic heterocycles. The van der Waals surface area contributed by atoms with Gasteiger partial charge in [-0.25, -0.2) is 4.39 Å². The van der Waals surface area contributed by atoms with E-state index in [2.05, 4.69) is 6.07 Å². The molecule has 0 saturated heterocycles. The molecule has 0 aliphatic carbocycles. The van der Waals surface area contributed by atoms with E-state index < -0.39 is 0 Å². The van der Waals surface area contributed by atoms with Crippen molar-refractivity contribution in [3.63, 3.8) is 0 Å². The summed E-state index contributed by atoms with van der Waals surface area (Å²) in [4.78, 5) is 0. The Kier molecular flexibility index (Phi) is 4.21. The molecule has 0 unspecified atom stereocenters. The standard InChI is InChI=1S/C15H8Cl2FN/c16-14-6-3-11(8-15(14)17)12(9-19)7-10-1-4-13(18)5-2-10/h1-8H/b12-7+. The van der Waals surface area contributed by atoms with Crippen LogP contribution in [-0.4, -0.2) is 0 Å². The molecule has 19 heavy (non-hydrogen) atoms. The second kappa shape index (κ2) is 5.88. The van der Waals surface area contributed by atoms with E-state index in [0.29, 0.717) is 21.2 Å². The van der Waals surface area contributed by atoms with Gasteiger partial charge in [0.15, 0.2) is 0 Å². The fraction of sp³-hybridized carbons (Fsp3) is 0. The minimum Gasteiger partial charge on any atom is -0.207 e. The van der Waals surface area contributed by atoms with Crippen LogP contribution in [0.1, 0.15) is 11.1 Å². The van der Waals surface area contributed by atoms with Crippen molar-refractivity contribution in [3.8, 4) is 6.07 Å². The van der Waals surface area contributed by atoms with Crippen molar-refractivity contribution < 1.29 is 4.39 Å². The Bertz CT molecular complexity index is 670. The molecule has 94 valence electrons. The summed E-state index contributed by atoms with van der Waals surface area (Å²) < 4.78 is 12.8. The Hall–Kier alpha value is -1.82. The number of rotatable bonds is 2. The van der Waals surface area contributed by atoms with Crippen molar-refractivity contribution in [3.05, 3.63) is 69.5 Å². The van der Waals surface area contributed by atoms with E-state index in [-0.39, 0.29) is 5.82 Å². The summed E-state index contributed by atoms with van der Waals surface area (Å²) in [5, 5.41) is 10.0. The van der Waals surface area contributed by atoms with Crippen LogP contribution in [0.25, 0.3) is 11.6 Å². The predicted octanol–water partition coefficient (Wildman–Crippen LogP) is 5.20. The maximum absolute atomic E-state index is 12.8. The van der Waals surface area contributed by atoms with Crippen LogP contribution in [-0.2, 0) is 0 Å². The van der Waals surface area contributed by atoms with Gasteiger partial charge >= 0.3 is 0 Å². The highest BCUT2D eigenvalue weighted by molar-refractivity contribution is 6.42. The summed E-state index contributed by atoms with van der Waals surface area (Å²) in [7, 11) is 0. The highest BCUT2D eigenvalue weighted by Crippen LogP contribution is 2.27. The molecule has 1 nitrogen and oxygen atoms in total. The summed E-state index contributed by atoms with van der Waals surface area (Å²) in [6.45, 7) is 0. The van der Waals surface area contributed by atoms with Gasteiger partial charge in [0.05, 0.1) is 21.7 Å². The van der Waals surface area contributed by atoms with E-state index >= 15 is 0 Å². The largest absolute Gasteiger partial charge is 0.207 e. The van der Waals surface area contributed by atoms with Gasteiger partial charge in [-0.1, -0.05) is 41.4 Å². The zero-order chi connectivity index (χ0) is 13.8. The van der Waals surface area contributed by atoms with E-state index in [0.717, 1.165) is 5.56 Å². The van der Waals surface area contributed by atoms with Gasteiger partial charge in [-0.05, 0) is 41.5 Å². The third-order valence-electron chi connectivity index (χ3n) is 2.53. The molecular weight excluding hydrogens is 284 g/mol. The Morgan fingerprint density at radius 3 is 2.32 bits per heavy atom. The van der Waals surface area contributed by atoms with Crippen LogP contribution in [0.4, 0.5) is 4.39 Å². The SMILES string of the molecule is N#C/C(=C\c1ccc(F)cc1)c1ccc(Cl)c(Cl)c1. The van der Waals surface area contributed by atoms with Gasteiger partial charge < -0.3 is 0 Å². The molecule has 0 saturated carbocycles. The summed E-state index contributed by atoms with van der Waals surface area (Å²) in [6.07, 6.45) is 1.67. The third-order valence-corrected chi connectivity index (χ3v) is 3.27. The summed E-state index contributed by atoms with van der Waals surface area (Å²) in [5.74, 6) is -0.315. The van der Waals surface area contributed by atoms with Crippen LogP contribution in [0.5, 0.6) is 0 Å². The average Bonchev–Trinajstić information content (AvgIpc) is 2.41. The zero-order valence-electron chi connectivity index (χ0n) is 9.70. The monoisotopic (exact) mass is 291 g/mol. The molecule has 4 heteroatoms. The summed E-state index contributed by atoms with van der Waals surface area (Å²) >= 11 is 11.8. The Morgan fingerprint density at radius 2 is 1.74 bits per heavy atom. The minimum atomic E-state index is -0.315. The molecule has 0 aliphatic heterocycles. The lowest BCUT2D eigenvalue weighted by Gasteiger charge is -2.02. The maximum Gasteiger partial charge on any atom is 0.123 e. The molecule has 0 radical (unpaired) electrons. The van der Waals surface area contributed by atoms with Crippen molar-refractivity contribution in [1.82, 2.24) is 0 Å². The van der Waals surface area contributed by atoms with Crippen LogP contribution in [0.2, 0.25) is 10.0 Å². The Labute approximate surface area is 120 Å². The predicted molar refractivity (Wildman–Crippen MR) is 76.3 cm³/mol. The van der Waals surface area contributed by atoms with Crippen molar-refractivity contribution in [2.75, 3.05) is 0 Å². The number of halogens is 3. The first-order valence-electron chi connectivity index (χ1n) is 5.43. The second-order valence-corrected chi connectivity index (χ2v) is 4.66. The molecule has 0 atom stereocenters. The average molecular weight is 292 g/mol. The normalized spacial score (nSPS) is 11.2. The highest BCUT2D eigenvalue weighted by Gasteiger charge is 2.04. The molecule has 0 spiro atoms. The van der Waals surface area contributed by atoms with E-state index in [4.69, 9.17) is 23.2 Å². The lowest BCUT2D eigenvalue weighted by atomic mass is 10.0. The van der Waals surface area contributed by atoms with Crippen molar-refractivity contribution in [2.45, 2.75) is 0 Å². The first-order chi connectivity index (χ1) is 9.10. The number of nitriles is 1. The number of benzene rings is 2. The van der Waals surface area contributed by atoms with Gasteiger partial charge in [-0.2, -0.15) is 5.26 Å². The molecule has 0 bridgehead atoms. The smallest absolute Gasteiger partial charge is 0.123 e. The Morgan fingerprint density at radius 1 is 1.05 bits per heavy atom. The molecule has 2 rings (SSSR count). The first-order valence-corrected chi connectivity index (χ1v) is 6.18. The quantitative estimate of drug-likeness (QED) is 0.551. The lowest BCUT2D eigenvalue weighted by Crippen LogP contribution is -1.83. The lowest BCUT2D eigenvalue weighted by molar-refractivity contribution is 0.628. The Balaban J connectivity index is 2.42. The van der Waals surface area contributed by atoms with Gasteiger partial charge in [0.2, 0.25) is 0 Å². The highest BCUT2D eigenvalue weighted by atomic mass is 35.5. The van der Waals surface area contributed by atoms with Crippen LogP contribution in [0.15, 0.2) is 42.5 Å². The molecule has 0 heterocycles. The van der Waals surface area contributed by atoms with E-state index in [1.807, 2.05) is 0 Å². The van der Waals surface area contributed by atoms with E-state index in [1.54, 1.807) is 36.4 Å². The maximum atomic E-state index is 12.8. The molecule has 0 aliphatic rings. The number of allylic oxidation sites excluding steroid dienone is 1. The summed E-state index contributed by atoms with van der Waals surface area (Å²) in [6, 6.07) is 13.0. The van der Waals surface area contributed by atoms with E-state index in [1.165, 1.54) is 12.1 Å². The van der Waals surface area contributed by atoms with Crippen LogP contribution >= 0.6 is 23.2 Å². The topological polar surface area (TPSA) is 23.8 Å². The number of nitrogens with zero attached hydrogens (tertiary/aromatic N) is 1. The van der Waals surface area contributed by atoms with Crippen LogP contribution < -0.4 is 0 Å². The zero-order valence-corrected chi connectivity index (χ0v) is 11.2. The minimum absolute atomic E-state index is 0.315. The van der Waals surface area contributed by atoms with Gasteiger partial charge in [0.1, 0.15) is 5.82 Å². The fourth-order valence-electron chi connectivity index (χ4n) is 1.57. The molecule has 0 N–H and O–H groups in total. The summed E-state index contributed by atoms with van der Waals surface area (Å²) in [5.41, 5.74) is 1.84. The second-order valence-electron chi connectivity index (χ2n) is 3.85. The molecule has 2 aromatic carbocycles. The fourth-order valence-corrected chi connectivity index (χ4v) is 1.87. The van der Waals surface area contributed by atoms with Gasteiger partial charge in [0, 0.05) is 0 Å². The molecular formula is C15H8Cl2FN. The molecule has 2 aromatic rings. The van der Waals surface area contributed by atoms with E-state index in [9.17, 15) is 9.65 Å². The molecule has 0 fully saturated rings. The molecule has 0 amide bonds. The van der Waals surface area contributed by atoms with Crippen LogP contribution in [0, 0.1) is 17.1 Å². The van der Waals surface area contributed by atoms with Gasteiger partial charge in [0.25, 0.3) is 0 Å². The van der Waals surface area contributed by atoms with Crippen molar-refractivity contribution >= 4 is 34.9 Å². The first kappa shape index (κ1) is 13.6. The number of hydrogen-bond donors (Lipinski definition) is 0. The van der Waals surface area contributed by atoms with Crippen LogP contribution in [0.3, 0.4) is 0 Å². The van der Waals surface area contributed by atoms with Gasteiger partial charge in [-0.3, -0.25) is 0 Å². The van der Waals surface area contributed by atoms with Gasteiger partial charge in [-0.15, -0.1) is 0 Å². The van der Waals surface area contributed by atoms with Crippen molar-refractivity contribution in [1.29, 1.82) is 5.26 Å². The third kappa shape index (κ3) is 3.35. The van der Waals surface area contributed by atoms with Crippen molar-refractivity contribution in [2.24, 2.45) is 0 Å².